The van der Waals surface area contributed by atoms with E-state index in [0.717, 1.165) is 6.54 Å². The highest BCUT2D eigenvalue weighted by atomic mass is 16.5. The molecule has 0 radical (unpaired) electrons. The van der Waals surface area contributed by atoms with Crippen LogP contribution in [0.15, 0.2) is 60.0 Å². The number of pyridine rings is 1. The highest BCUT2D eigenvalue weighted by Crippen LogP contribution is 2.69. The topological polar surface area (TPSA) is 25.4 Å². The van der Waals surface area contributed by atoms with Gasteiger partial charge in [-0.3, -0.25) is 9.88 Å². The highest BCUT2D eigenvalue weighted by Gasteiger charge is 2.66. The number of hydrogen-bond acceptors (Lipinski definition) is 3. The van der Waals surface area contributed by atoms with Crippen molar-refractivity contribution < 1.29 is 4.74 Å². The predicted molar refractivity (Wildman–Crippen MR) is 147 cm³/mol. The zero-order valence-corrected chi connectivity index (χ0v) is 22.6. The SMILES string of the molecule is CCN(C(C)C)[C@@H]1CCC2=CC3=CC[C@]4(C)C(c5ccc6ccncc6c5)CC[C@H]4[C@@]34CC[C@]2(C1)O4. The molecule has 2 saturated carbocycles. The average molecular weight is 483 g/mol. The number of allylic oxidation sites excluding steroid dienone is 1. The van der Waals surface area contributed by atoms with Gasteiger partial charge in [0.05, 0.1) is 11.2 Å². The van der Waals surface area contributed by atoms with E-state index in [1.807, 2.05) is 12.4 Å². The van der Waals surface area contributed by atoms with Crippen LogP contribution < -0.4 is 0 Å². The Labute approximate surface area is 217 Å². The van der Waals surface area contributed by atoms with Crippen molar-refractivity contribution >= 4 is 10.8 Å². The van der Waals surface area contributed by atoms with Gasteiger partial charge >= 0.3 is 0 Å². The van der Waals surface area contributed by atoms with Gasteiger partial charge in [0.2, 0.25) is 0 Å². The van der Waals surface area contributed by atoms with Gasteiger partial charge < -0.3 is 4.74 Å². The van der Waals surface area contributed by atoms with E-state index >= 15 is 0 Å². The van der Waals surface area contributed by atoms with Crippen LogP contribution >= 0.6 is 0 Å². The summed E-state index contributed by atoms with van der Waals surface area (Å²) in [6.07, 6.45) is 19.0. The lowest BCUT2D eigenvalue weighted by Gasteiger charge is -2.55. The Balaban J connectivity index is 1.24. The van der Waals surface area contributed by atoms with Crippen LogP contribution in [0.25, 0.3) is 10.8 Å². The smallest absolute Gasteiger partial charge is 0.0974 e. The van der Waals surface area contributed by atoms with Gasteiger partial charge in [0.25, 0.3) is 0 Å². The fourth-order valence-electron chi connectivity index (χ4n) is 9.58. The molecule has 3 fully saturated rings. The van der Waals surface area contributed by atoms with E-state index in [9.17, 15) is 0 Å². The molecule has 3 aliphatic carbocycles. The van der Waals surface area contributed by atoms with Crippen molar-refractivity contribution in [3.05, 3.63) is 65.5 Å². The predicted octanol–water partition coefficient (Wildman–Crippen LogP) is 7.58. The molecule has 0 amide bonds. The number of nitrogens with zero attached hydrogens (tertiary/aromatic N) is 2. The van der Waals surface area contributed by atoms with Crippen molar-refractivity contribution in [1.82, 2.24) is 9.88 Å². The first-order chi connectivity index (χ1) is 17.4. The maximum atomic E-state index is 7.55. The summed E-state index contributed by atoms with van der Waals surface area (Å²) in [5, 5.41) is 2.56. The third kappa shape index (κ3) is 3.08. The van der Waals surface area contributed by atoms with Gasteiger partial charge in [-0.2, -0.15) is 0 Å². The molecular weight excluding hydrogens is 440 g/mol. The number of fused-ring (bicyclic) bond motifs is 2. The Morgan fingerprint density at radius 1 is 1.11 bits per heavy atom. The second-order valence-corrected chi connectivity index (χ2v) is 13.0. The van der Waals surface area contributed by atoms with Crippen molar-refractivity contribution in [1.29, 1.82) is 0 Å². The lowest BCUT2D eigenvalue weighted by atomic mass is 9.58. The normalized spacial score (nSPS) is 39.1. The minimum absolute atomic E-state index is 0.0203. The number of hydrogen-bond donors (Lipinski definition) is 0. The van der Waals surface area contributed by atoms with Gasteiger partial charge in [0, 0.05) is 29.9 Å². The molecule has 2 bridgehead atoms. The molecule has 1 aromatic carbocycles. The summed E-state index contributed by atoms with van der Waals surface area (Å²) < 4.78 is 7.55. The standard InChI is InChI=1S/C33H42N2O/c1-5-35(22(2)3)28-9-8-26-19-27-12-14-31(4)29(24-7-6-23-13-17-34-21-25(23)18-24)10-11-30(31)33(27)16-15-32(26,20-28)36-33/h6-7,12-13,17-19,21-22,28-30H,5,8-11,14-16,20H2,1-4H3/t28-,29?,30-,31-,32-,33-/m1/s1. The molecule has 36 heavy (non-hydrogen) atoms. The van der Waals surface area contributed by atoms with Gasteiger partial charge in [-0.1, -0.05) is 38.1 Å². The van der Waals surface area contributed by atoms with Gasteiger partial charge in [0.15, 0.2) is 0 Å². The first kappa shape index (κ1) is 23.2. The summed E-state index contributed by atoms with van der Waals surface area (Å²) in [5.74, 6) is 1.19. The first-order valence-corrected chi connectivity index (χ1v) is 14.6. The van der Waals surface area contributed by atoms with Crippen molar-refractivity contribution in [2.45, 2.75) is 108 Å². The van der Waals surface area contributed by atoms with Gasteiger partial charge in [-0.15, -0.1) is 0 Å². The van der Waals surface area contributed by atoms with Crippen molar-refractivity contribution in [3.8, 4) is 0 Å². The van der Waals surface area contributed by atoms with Crippen LogP contribution in [0, 0.1) is 11.3 Å². The van der Waals surface area contributed by atoms with E-state index in [1.54, 1.807) is 5.57 Å². The summed E-state index contributed by atoms with van der Waals surface area (Å²) in [6.45, 7) is 10.8. The van der Waals surface area contributed by atoms with Gasteiger partial charge in [-0.25, -0.2) is 0 Å². The molecule has 3 heterocycles. The zero-order valence-electron chi connectivity index (χ0n) is 22.6. The van der Waals surface area contributed by atoms with Crippen LogP contribution in [0.2, 0.25) is 0 Å². The minimum atomic E-state index is -0.0690. The van der Waals surface area contributed by atoms with Crippen LogP contribution in [0.4, 0.5) is 0 Å². The van der Waals surface area contributed by atoms with Gasteiger partial charge in [0.1, 0.15) is 0 Å². The average Bonchev–Trinajstić information content (AvgIpc) is 3.39. The maximum absolute atomic E-state index is 7.55. The third-order valence-corrected chi connectivity index (χ3v) is 11.2. The Hall–Kier alpha value is -1.97. The summed E-state index contributed by atoms with van der Waals surface area (Å²) in [4.78, 5) is 7.12. The van der Waals surface area contributed by atoms with Crippen LogP contribution in [0.1, 0.15) is 90.5 Å². The molecule has 1 unspecified atom stereocenters. The van der Waals surface area contributed by atoms with Crippen molar-refractivity contribution in [3.63, 3.8) is 0 Å². The quantitative estimate of drug-likeness (QED) is 0.449. The van der Waals surface area contributed by atoms with E-state index in [-0.39, 0.29) is 16.6 Å². The van der Waals surface area contributed by atoms with E-state index in [0.29, 0.717) is 23.9 Å². The monoisotopic (exact) mass is 482 g/mol. The second kappa shape index (κ2) is 8.01. The summed E-state index contributed by atoms with van der Waals surface area (Å²) in [5.41, 5.74) is 4.80. The molecule has 190 valence electrons. The van der Waals surface area contributed by atoms with Crippen molar-refractivity contribution in [2.75, 3.05) is 6.54 Å². The second-order valence-electron chi connectivity index (χ2n) is 13.0. The molecule has 1 aromatic heterocycles. The third-order valence-electron chi connectivity index (χ3n) is 11.2. The highest BCUT2D eigenvalue weighted by molar-refractivity contribution is 5.82. The number of aromatic nitrogens is 1. The molecular formula is C33H42N2O. The molecule has 7 rings (SSSR count). The van der Waals surface area contributed by atoms with Crippen LogP contribution in [-0.2, 0) is 4.74 Å². The van der Waals surface area contributed by atoms with Crippen LogP contribution in [-0.4, -0.2) is 39.7 Å². The summed E-state index contributed by atoms with van der Waals surface area (Å²) in [6, 6.07) is 10.5. The Bertz CT molecular complexity index is 1260. The van der Waals surface area contributed by atoms with E-state index in [2.05, 4.69) is 74.0 Å². The van der Waals surface area contributed by atoms with Crippen LogP contribution in [0.3, 0.4) is 0 Å². The fourth-order valence-corrected chi connectivity index (χ4v) is 9.58. The first-order valence-electron chi connectivity index (χ1n) is 14.6. The van der Waals surface area contributed by atoms with E-state index < -0.39 is 0 Å². The lowest BCUT2D eigenvalue weighted by Crippen LogP contribution is -2.56. The molecule has 2 aromatic rings. The molecule has 5 aliphatic rings. The number of benzene rings is 1. The Morgan fingerprint density at radius 2 is 2.00 bits per heavy atom. The van der Waals surface area contributed by atoms with Crippen molar-refractivity contribution in [2.24, 2.45) is 11.3 Å². The number of ether oxygens (including phenoxy) is 1. The molecule has 0 N–H and O–H groups in total. The molecule has 1 saturated heterocycles. The molecule has 2 spiro atoms. The van der Waals surface area contributed by atoms with E-state index in [4.69, 9.17) is 4.74 Å². The lowest BCUT2D eigenvalue weighted by molar-refractivity contribution is -0.141. The number of rotatable bonds is 4. The fraction of sp³-hybridized carbons (Fsp3) is 0.606. The largest absolute Gasteiger partial charge is 0.359 e. The Kier molecular flexibility index (Phi) is 5.16. The summed E-state index contributed by atoms with van der Waals surface area (Å²) >= 11 is 0. The minimum Gasteiger partial charge on any atom is -0.359 e. The van der Waals surface area contributed by atoms with E-state index in [1.165, 1.54) is 73.3 Å². The maximum Gasteiger partial charge on any atom is 0.0974 e. The Morgan fingerprint density at radius 3 is 2.83 bits per heavy atom. The zero-order chi connectivity index (χ0) is 24.7. The molecule has 3 nitrogen and oxygen atoms in total. The van der Waals surface area contributed by atoms with Gasteiger partial charge in [-0.05, 0) is 123 Å². The molecule has 6 atom stereocenters. The summed E-state index contributed by atoms with van der Waals surface area (Å²) in [7, 11) is 0. The molecule has 3 heteroatoms. The molecule has 2 aliphatic heterocycles. The van der Waals surface area contributed by atoms with Crippen LogP contribution in [0.5, 0.6) is 0 Å².